The summed E-state index contributed by atoms with van der Waals surface area (Å²) in [7, 11) is 0. The van der Waals surface area contributed by atoms with Crippen molar-refractivity contribution in [2.75, 3.05) is 13.1 Å². The highest BCUT2D eigenvalue weighted by Gasteiger charge is 2.28. The van der Waals surface area contributed by atoms with Crippen molar-refractivity contribution in [3.8, 4) is 11.4 Å². The summed E-state index contributed by atoms with van der Waals surface area (Å²) in [6.45, 7) is 8.37. The lowest BCUT2D eigenvalue weighted by Gasteiger charge is -2.31. The van der Waals surface area contributed by atoms with Crippen LogP contribution in [0.5, 0.6) is 0 Å². The van der Waals surface area contributed by atoms with Gasteiger partial charge in [-0.1, -0.05) is 53.2 Å². The van der Waals surface area contributed by atoms with E-state index >= 15 is 0 Å². The highest BCUT2D eigenvalue weighted by atomic mass is 16.5. The fourth-order valence-electron chi connectivity index (χ4n) is 4.31. The normalized spacial score (nSPS) is 18.0. The summed E-state index contributed by atoms with van der Waals surface area (Å²) >= 11 is 0. The van der Waals surface area contributed by atoms with Gasteiger partial charge in [-0.15, -0.1) is 0 Å². The molecule has 0 radical (unpaired) electrons. The Kier molecular flexibility index (Phi) is 6.47. The number of carbonyl (C=O) groups is 1. The van der Waals surface area contributed by atoms with Crippen molar-refractivity contribution in [1.82, 2.24) is 20.4 Å². The summed E-state index contributed by atoms with van der Waals surface area (Å²) in [4.78, 5) is 19.7. The highest BCUT2D eigenvalue weighted by Crippen LogP contribution is 2.23. The van der Waals surface area contributed by atoms with Crippen molar-refractivity contribution >= 4 is 5.91 Å². The second-order valence-corrected chi connectivity index (χ2v) is 8.54. The lowest BCUT2D eigenvalue weighted by atomic mass is 9.95. The third-order valence-electron chi connectivity index (χ3n) is 5.99. The van der Waals surface area contributed by atoms with Gasteiger partial charge in [0.1, 0.15) is 0 Å². The number of rotatable bonds is 6. The molecule has 2 aromatic carbocycles. The number of hydrogen-bond donors (Lipinski definition) is 1. The fraction of sp³-hybridized carbons (Fsp3) is 0.400. The minimum Gasteiger partial charge on any atom is -0.349 e. The predicted octanol–water partition coefficient (Wildman–Crippen LogP) is 4.44. The number of nitrogens with zero attached hydrogens (tertiary/aromatic N) is 3. The van der Waals surface area contributed by atoms with Crippen LogP contribution in [-0.4, -0.2) is 34.0 Å². The van der Waals surface area contributed by atoms with Gasteiger partial charge in [0.2, 0.25) is 17.6 Å². The van der Waals surface area contributed by atoms with Crippen molar-refractivity contribution < 1.29 is 9.32 Å². The van der Waals surface area contributed by atoms with Crippen LogP contribution in [0.2, 0.25) is 0 Å². The molecule has 0 spiro atoms. The van der Waals surface area contributed by atoms with Crippen LogP contribution in [0.25, 0.3) is 11.4 Å². The first-order valence-electron chi connectivity index (χ1n) is 11.0. The second kappa shape index (κ2) is 9.43. The number of likely N-dealkylation sites (tertiary alicyclic amines) is 1. The fourth-order valence-corrected chi connectivity index (χ4v) is 4.31. The molecule has 1 saturated heterocycles. The zero-order valence-electron chi connectivity index (χ0n) is 18.5. The van der Waals surface area contributed by atoms with Crippen molar-refractivity contribution in [2.45, 2.75) is 46.2 Å². The molecule has 2 unspecified atom stereocenters. The largest absolute Gasteiger partial charge is 0.349 e. The Balaban J connectivity index is 1.35. The number of nitrogens with one attached hydrogen (secondary N) is 1. The van der Waals surface area contributed by atoms with E-state index in [0.717, 1.165) is 36.1 Å². The number of aromatic nitrogens is 2. The lowest BCUT2D eigenvalue weighted by molar-refractivity contribution is -0.127. The molecule has 31 heavy (non-hydrogen) atoms. The van der Waals surface area contributed by atoms with Crippen molar-refractivity contribution in [3.63, 3.8) is 0 Å². The Morgan fingerprint density at radius 3 is 2.87 bits per heavy atom. The van der Waals surface area contributed by atoms with E-state index in [1.807, 2.05) is 50.2 Å². The van der Waals surface area contributed by atoms with Gasteiger partial charge in [-0.25, -0.2) is 0 Å². The number of carbonyl (C=O) groups excluding carboxylic acids is 1. The number of amides is 1. The molecule has 2 heterocycles. The van der Waals surface area contributed by atoms with Gasteiger partial charge < -0.3 is 9.84 Å². The Morgan fingerprint density at radius 2 is 2.06 bits per heavy atom. The van der Waals surface area contributed by atoms with E-state index in [-0.39, 0.29) is 17.9 Å². The predicted molar refractivity (Wildman–Crippen MR) is 120 cm³/mol. The van der Waals surface area contributed by atoms with E-state index < -0.39 is 0 Å². The van der Waals surface area contributed by atoms with Crippen LogP contribution in [0.15, 0.2) is 53.1 Å². The monoisotopic (exact) mass is 418 g/mol. The molecule has 1 aromatic heterocycles. The maximum atomic E-state index is 12.9. The van der Waals surface area contributed by atoms with E-state index in [9.17, 15) is 4.79 Å². The Bertz CT molecular complexity index is 1050. The molecule has 2 atom stereocenters. The van der Waals surface area contributed by atoms with E-state index in [4.69, 9.17) is 4.52 Å². The molecule has 1 N–H and O–H groups in total. The summed E-state index contributed by atoms with van der Waals surface area (Å²) < 4.78 is 5.49. The van der Waals surface area contributed by atoms with Crippen molar-refractivity contribution in [2.24, 2.45) is 5.92 Å². The third kappa shape index (κ3) is 5.20. The smallest absolute Gasteiger partial charge is 0.241 e. The first-order valence-corrected chi connectivity index (χ1v) is 11.0. The zero-order chi connectivity index (χ0) is 21.8. The maximum Gasteiger partial charge on any atom is 0.241 e. The Hall–Kier alpha value is -2.99. The van der Waals surface area contributed by atoms with E-state index in [1.165, 1.54) is 5.56 Å². The van der Waals surface area contributed by atoms with Gasteiger partial charge in [0.05, 0.1) is 18.5 Å². The molecule has 1 aliphatic rings. The Morgan fingerprint density at radius 1 is 1.23 bits per heavy atom. The molecule has 3 aromatic rings. The summed E-state index contributed by atoms with van der Waals surface area (Å²) in [6.07, 6.45) is 1.89. The van der Waals surface area contributed by atoms with Crippen LogP contribution in [0.1, 0.15) is 48.4 Å². The Labute approximate surface area is 183 Å². The summed E-state index contributed by atoms with van der Waals surface area (Å²) in [5, 5.41) is 7.34. The average Bonchev–Trinajstić information content (AvgIpc) is 3.22. The SMILES string of the molecule is Cc1cccc(-c2noc(CN3CCCC(C(=O)NC(C)c4ccccc4C)C3)n2)c1. The lowest BCUT2D eigenvalue weighted by Crippen LogP contribution is -2.43. The van der Waals surface area contributed by atoms with E-state index in [0.29, 0.717) is 24.8 Å². The molecule has 0 saturated carbocycles. The standard InChI is InChI=1S/C25H30N4O2/c1-17-8-6-10-20(14-17)24-27-23(31-28-24)16-29-13-7-11-21(15-29)25(30)26-19(3)22-12-5-4-9-18(22)2/h4-6,8-10,12,14,19,21H,7,11,13,15-16H2,1-3H3,(H,26,30). The maximum absolute atomic E-state index is 12.9. The molecule has 6 heteroatoms. The van der Waals surface area contributed by atoms with Gasteiger partial charge in [0.15, 0.2) is 0 Å². The van der Waals surface area contributed by atoms with Gasteiger partial charge in [-0.3, -0.25) is 9.69 Å². The number of aryl methyl sites for hydroxylation is 2. The van der Waals surface area contributed by atoms with Gasteiger partial charge in [-0.2, -0.15) is 4.98 Å². The van der Waals surface area contributed by atoms with Gasteiger partial charge in [0, 0.05) is 12.1 Å². The number of hydrogen-bond acceptors (Lipinski definition) is 5. The summed E-state index contributed by atoms with van der Waals surface area (Å²) in [5.74, 6) is 1.29. The molecule has 1 aliphatic heterocycles. The minimum absolute atomic E-state index is 0.00287. The quantitative estimate of drug-likeness (QED) is 0.641. The van der Waals surface area contributed by atoms with E-state index in [2.05, 4.69) is 39.4 Å². The molecular formula is C25H30N4O2. The molecule has 0 bridgehead atoms. The molecule has 6 nitrogen and oxygen atoms in total. The van der Waals surface area contributed by atoms with Crippen LogP contribution in [-0.2, 0) is 11.3 Å². The van der Waals surface area contributed by atoms with Crippen LogP contribution in [0.4, 0.5) is 0 Å². The summed E-state index contributed by atoms with van der Waals surface area (Å²) in [6, 6.07) is 16.3. The number of benzene rings is 2. The van der Waals surface area contributed by atoms with Gasteiger partial charge >= 0.3 is 0 Å². The molecular weight excluding hydrogens is 388 g/mol. The highest BCUT2D eigenvalue weighted by molar-refractivity contribution is 5.79. The van der Waals surface area contributed by atoms with Gasteiger partial charge in [-0.05, 0) is 57.4 Å². The van der Waals surface area contributed by atoms with Crippen molar-refractivity contribution in [3.05, 3.63) is 71.1 Å². The van der Waals surface area contributed by atoms with Crippen LogP contribution >= 0.6 is 0 Å². The first kappa shape index (κ1) is 21.2. The molecule has 0 aliphatic carbocycles. The summed E-state index contributed by atoms with van der Waals surface area (Å²) in [5.41, 5.74) is 4.48. The van der Waals surface area contributed by atoms with Crippen LogP contribution in [0.3, 0.4) is 0 Å². The number of piperidine rings is 1. The van der Waals surface area contributed by atoms with Crippen LogP contribution < -0.4 is 5.32 Å². The van der Waals surface area contributed by atoms with Crippen molar-refractivity contribution in [1.29, 1.82) is 0 Å². The average molecular weight is 419 g/mol. The second-order valence-electron chi connectivity index (χ2n) is 8.54. The van der Waals surface area contributed by atoms with E-state index in [1.54, 1.807) is 0 Å². The topological polar surface area (TPSA) is 71.3 Å². The molecule has 1 fully saturated rings. The minimum atomic E-state index is -0.0283. The zero-order valence-corrected chi connectivity index (χ0v) is 18.5. The molecule has 1 amide bonds. The first-order chi connectivity index (χ1) is 15.0. The van der Waals surface area contributed by atoms with Crippen LogP contribution in [0, 0.1) is 19.8 Å². The van der Waals surface area contributed by atoms with Gasteiger partial charge in [0.25, 0.3) is 0 Å². The molecule has 4 rings (SSSR count). The molecule has 162 valence electrons. The third-order valence-corrected chi connectivity index (χ3v) is 5.99.